The van der Waals surface area contributed by atoms with Crippen molar-refractivity contribution in [2.75, 3.05) is 24.5 Å². The molecule has 0 spiro atoms. The highest BCUT2D eigenvalue weighted by Crippen LogP contribution is 2.21. The highest BCUT2D eigenvalue weighted by Gasteiger charge is 2.27. The number of anilines is 1. The number of fused-ring (bicyclic) bond motifs is 1. The lowest BCUT2D eigenvalue weighted by atomic mass is 9.97. The molecule has 1 amide bonds. The molecule has 0 saturated carbocycles. The maximum atomic E-state index is 12.6. The minimum Gasteiger partial charge on any atom is -0.356 e. The Morgan fingerprint density at radius 2 is 1.93 bits per heavy atom. The number of para-hydroxylation sites is 2. The summed E-state index contributed by atoms with van der Waals surface area (Å²) in [7, 11) is 0. The van der Waals surface area contributed by atoms with Gasteiger partial charge in [0, 0.05) is 19.6 Å². The molecule has 3 aromatic rings. The first-order valence-electron chi connectivity index (χ1n) is 10.3. The number of hydrogen-bond donors (Lipinski definition) is 2. The first-order chi connectivity index (χ1) is 14.2. The molecule has 0 radical (unpaired) electrons. The summed E-state index contributed by atoms with van der Waals surface area (Å²) in [5.74, 6) is 0.360. The number of piperidine rings is 1. The number of carbonyl (C=O) groups excluding carboxylic acids is 1. The number of amides is 1. The largest absolute Gasteiger partial charge is 0.356 e. The molecule has 150 valence electrons. The molecule has 1 aromatic heterocycles. The molecule has 0 bridgehead atoms. The van der Waals surface area contributed by atoms with Crippen LogP contribution in [0, 0.1) is 5.92 Å². The van der Waals surface area contributed by atoms with E-state index in [1.807, 2.05) is 47.4 Å². The third kappa shape index (κ3) is 4.65. The molecule has 29 heavy (non-hydrogen) atoms. The van der Waals surface area contributed by atoms with Gasteiger partial charge in [0.05, 0.1) is 17.0 Å². The topological polar surface area (TPSA) is 78.1 Å². The minimum absolute atomic E-state index is 0.0694. The van der Waals surface area contributed by atoms with E-state index in [1.54, 1.807) is 0 Å². The van der Waals surface area contributed by atoms with Crippen molar-refractivity contribution in [3.05, 3.63) is 70.5 Å². The smallest absolute Gasteiger partial charge is 0.291 e. The number of nitrogens with zero attached hydrogens (tertiary/aromatic N) is 2. The molecular formula is C23H26N4O2. The molecule has 6 heteroatoms. The molecule has 6 nitrogen and oxygen atoms in total. The van der Waals surface area contributed by atoms with Crippen molar-refractivity contribution in [3.63, 3.8) is 0 Å². The minimum atomic E-state index is -0.201. The van der Waals surface area contributed by atoms with Gasteiger partial charge in [-0.05, 0) is 43.4 Å². The van der Waals surface area contributed by atoms with Gasteiger partial charge in [-0.2, -0.15) is 0 Å². The summed E-state index contributed by atoms with van der Waals surface area (Å²) in [6, 6.07) is 17.8. The molecule has 0 aliphatic carbocycles. The Hall–Kier alpha value is -3.15. The molecule has 1 aliphatic heterocycles. The third-order valence-corrected chi connectivity index (χ3v) is 5.46. The predicted octanol–water partition coefficient (Wildman–Crippen LogP) is 2.89. The maximum Gasteiger partial charge on any atom is 0.291 e. The second-order valence-electron chi connectivity index (χ2n) is 7.57. The first kappa shape index (κ1) is 19.2. The fourth-order valence-electron chi connectivity index (χ4n) is 3.91. The Labute approximate surface area is 170 Å². The predicted molar refractivity (Wildman–Crippen MR) is 115 cm³/mol. The lowest BCUT2D eigenvalue weighted by Gasteiger charge is -2.32. The van der Waals surface area contributed by atoms with Gasteiger partial charge in [0.1, 0.15) is 0 Å². The molecular weight excluding hydrogens is 364 g/mol. The van der Waals surface area contributed by atoms with Gasteiger partial charge in [0.15, 0.2) is 5.82 Å². The van der Waals surface area contributed by atoms with Crippen molar-refractivity contribution >= 4 is 22.8 Å². The van der Waals surface area contributed by atoms with E-state index in [0.29, 0.717) is 18.9 Å². The summed E-state index contributed by atoms with van der Waals surface area (Å²) in [4.78, 5) is 34.5. The van der Waals surface area contributed by atoms with Gasteiger partial charge in [0.2, 0.25) is 5.91 Å². The Morgan fingerprint density at radius 1 is 1.14 bits per heavy atom. The third-order valence-electron chi connectivity index (χ3n) is 5.46. The lowest BCUT2D eigenvalue weighted by molar-refractivity contribution is -0.125. The number of hydrogen-bond acceptors (Lipinski definition) is 4. The van der Waals surface area contributed by atoms with Crippen molar-refractivity contribution in [3.8, 4) is 0 Å². The molecule has 1 aliphatic rings. The lowest BCUT2D eigenvalue weighted by Crippen LogP contribution is -2.45. The van der Waals surface area contributed by atoms with E-state index in [0.717, 1.165) is 43.3 Å². The standard InChI is InChI=1S/C23H26N4O2/c28-22(24-14-6-10-17-8-2-1-3-9-17)18-11-7-15-27(16-18)21-23(29)26-20-13-5-4-12-19(20)25-21/h1-5,8-9,12-13,18H,6-7,10-11,14-16H2,(H,24,28)(H,26,29)/t18-/m1/s1. The molecule has 1 fully saturated rings. The highest BCUT2D eigenvalue weighted by molar-refractivity contribution is 5.80. The summed E-state index contributed by atoms with van der Waals surface area (Å²) >= 11 is 0. The fourth-order valence-corrected chi connectivity index (χ4v) is 3.91. The van der Waals surface area contributed by atoms with E-state index in [9.17, 15) is 9.59 Å². The SMILES string of the molecule is O=C(NCCCc1ccccc1)[C@@H]1CCCN(c2nc3ccccc3[nH]c2=O)C1. The van der Waals surface area contributed by atoms with E-state index < -0.39 is 0 Å². The van der Waals surface area contributed by atoms with Gasteiger partial charge in [-0.3, -0.25) is 9.59 Å². The first-order valence-corrected chi connectivity index (χ1v) is 10.3. The second kappa shape index (κ2) is 8.90. The summed E-state index contributed by atoms with van der Waals surface area (Å²) in [6.45, 7) is 1.93. The number of benzene rings is 2. The zero-order valence-corrected chi connectivity index (χ0v) is 16.4. The number of aryl methyl sites for hydroxylation is 1. The van der Waals surface area contributed by atoms with Crippen molar-refractivity contribution in [2.24, 2.45) is 5.92 Å². The van der Waals surface area contributed by atoms with E-state index in [-0.39, 0.29) is 17.4 Å². The second-order valence-corrected chi connectivity index (χ2v) is 7.57. The maximum absolute atomic E-state index is 12.6. The van der Waals surface area contributed by atoms with Gasteiger partial charge in [-0.1, -0.05) is 42.5 Å². The van der Waals surface area contributed by atoms with Gasteiger partial charge in [0.25, 0.3) is 5.56 Å². The fraction of sp³-hybridized carbons (Fsp3) is 0.348. The van der Waals surface area contributed by atoms with E-state index in [4.69, 9.17) is 0 Å². The van der Waals surface area contributed by atoms with Gasteiger partial charge < -0.3 is 15.2 Å². The van der Waals surface area contributed by atoms with Crippen molar-refractivity contribution in [1.29, 1.82) is 0 Å². The van der Waals surface area contributed by atoms with Crippen LogP contribution in [0.25, 0.3) is 11.0 Å². The normalized spacial score (nSPS) is 16.7. The Kier molecular flexibility index (Phi) is 5.89. The number of rotatable bonds is 6. The van der Waals surface area contributed by atoms with Gasteiger partial charge >= 0.3 is 0 Å². The summed E-state index contributed by atoms with van der Waals surface area (Å²) in [6.07, 6.45) is 3.58. The Balaban J connectivity index is 1.35. The molecule has 2 N–H and O–H groups in total. The zero-order chi connectivity index (χ0) is 20.1. The molecule has 2 aromatic carbocycles. The molecule has 1 atom stereocenters. The summed E-state index contributed by atoms with van der Waals surface area (Å²) in [5.41, 5.74) is 2.57. The molecule has 4 rings (SSSR count). The summed E-state index contributed by atoms with van der Waals surface area (Å²) < 4.78 is 0. The van der Waals surface area contributed by atoms with Gasteiger partial charge in [-0.15, -0.1) is 0 Å². The van der Waals surface area contributed by atoms with Gasteiger partial charge in [-0.25, -0.2) is 4.98 Å². The van der Waals surface area contributed by atoms with Crippen molar-refractivity contribution in [2.45, 2.75) is 25.7 Å². The number of H-pyrrole nitrogens is 1. The summed E-state index contributed by atoms with van der Waals surface area (Å²) in [5, 5.41) is 3.07. The van der Waals surface area contributed by atoms with Crippen molar-refractivity contribution in [1.82, 2.24) is 15.3 Å². The Bertz CT molecular complexity index is 1030. The zero-order valence-electron chi connectivity index (χ0n) is 16.4. The number of aromatic amines is 1. The monoisotopic (exact) mass is 390 g/mol. The van der Waals surface area contributed by atoms with Crippen LogP contribution < -0.4 is 15.8 Å². The van der Waals surface area contributed by atoms with Crippen LogP contribution in [-0.2, 0) is 11.2 Å². The van der Waals surface area contributed by atoms with Crippen LogP contribution in [0.15, 0.2) is 59.4 Å². The van der Waals surface area contributed by atoms with E-state index in [2.05, 4.69) is 27.4 Å². The average Bonchev–Trinajstić information content (AvgIpc) is 2.77. The Morgan fingerprint density at radius 3 is 2.79 bits per heavy atom. The van der Waals surface area contributed by atoms with Crippen LogP contribution in [0.3, 0.4) is 0 Å². The highest BCUT2D eigenvalue weighted by atomic mass is 16.2. The van der Waals surface area contributed by atoms with Crippen LogP contribution in [-0.4, -0.2) is 35.5 Å². The molecule has 2 heterocycles. The van der Waals surface area contributed by atoms with Crippen LogP contribution in [0.5, 0.6) is 0 Å². The molecule has 1 saturated heterocycles. The quantitative estimate of drug-likeness (QED) is 0.635. The van der Waals surface area contributed by atoms with E-state index in [1.165, 1.54) is 5.56 Å². The van der Waals surface area contributed by atoms with E-state index >= 15 is 0 Å². The van der Waals surface area contributed by atoms with Crippen LogP contribution >= 0.6 is 0 Å². The van der Waals surface area contributed by atoms with Crippen LogP contribution in [0.2, 0.25) is 0 Å². The molecule has 0 unspecified atom stereocenters. The van der Waals surface area contributed by atoms with Crippen molar-refractivity contribution < 1.29 is 4.79 Å². The average molecular weight is 390 g/mol. The number of carbonyl (C=O) groups is 1. The van der Waals surface area contributed by atoms with Crippen LogP contribution in [0.4, 0.5) is 5.82 Å². The number of aromatic nitrogens is 2. The number of nitrogens with one attached hydrogen (secondary N) is 2. The van der Waals surface area contributed by atoms with Crippen LogP contribution in [0.1, 0.15) is 24.8 Å².